The molecule has 2 rings (SSSR count). The van der Waals surface area contributed by atoms with Crippen molar-refractivity contribution in [1.82, 2.24) is 10.6 Å². The molecule has 1 aromatic carbocycles. The molecule has 1 fully saturated rings. The zero-order valence-corrected chi connectivity index (χ0v) is 13.4. The summed E-state index contributed by atoms with van der Waals surface area (Å²) in [6.07, 6.45) is 4.26. The topological polar surface area (TPSA) is 50.4 Å². The summed E-state index contributed by atoms with van der Waals surface area (Å²) in [5.41, 5.74) is 0.118. The van der Waals surface area contributed by atoms with Crippen molar-refractivity contribution in [3.8, 4) is 5.75 Å². The minimum absolute atomic E-state index is 0.0361. The van der Waals surface area contributed by atoms with Crippen LogP contribution < -0.4 is 15.4 Å². The Morgan fingerprint density at radius 3 is 2.81 bits per heavy atom. The first-order valence-corrected chi connectivity index (χ1v) is 7.75. The summed E-state index contributed by atoms with van der Waals surface area (Å²) in [4.78, 5) is 12.0. The van der Waals surface area contributed by atoms with Crippen molar-refractivity contribution in [1.29, 1.82) is 0 Å². The van der Waals surface area contributed by atoms with E-state index >= 15 is 0 Å². The van der Waals surface area contributed by atoms with Gasteiger partial charge >= 0.3 is 0 Å². The molecule has 21 heavy (non-hydrogen) atoms. The molecule has 1 amide bonds. The molecule has 0 bridgehead atoms. The zero-order chi connectivity index (χ0) is 15.3. The first-order valence-electron chi connectivity index (χ1n) is 7.37. The van der Waals surface area contributed by atoms with E-state index in [2.05, 4.69) is 17.6 Å². The van der Waals surface area contributed by atoms with E-state index in [1.165, 1.54) is 0 Å². The van der Waals surface area contributed by atoms with Gasteiger partial charge in [0.05, 0.1) is 0 Å². The number of hydrogen-bond donors (Lipinski definition) is 2. The number of halogens is 1. The third-order valence-corrected chi connectivity index (χ3v) is 4.38. The maximum absolute atomic E-state index is 12.0. The van der Waals surface area contributed by atoms with Crippen LogP contribution in [0.1, 0.15) is 32.6 Å². The van der Waals surface area contributed by atoms with E-state index in [4.69, 9.17) is 16.3 Å². The van der Waals surface area contributed by atoms with E-state index in [1.807, 2.05) is 7.05 Å². The van der Waals surface area contributed by atoms with Gasteiger partial charge in [0.25, 0.3) is 5.91 Å². The second kappa shape index (κ2) is 7.14. The number of nitrogens with one attached hydrogen (secondary N) is 2. The fourth-order valence-corrected chi connectivity index (χ4v) is 2.91. The van der Waals surface area contributed by atoms with Crippen molar-refractivity contribution in [3.63, 3.8) is 0 Å². The van der Waals surface area contributed by atoms with E-state index in [1.54, 1.807) is 24.3 Å². The van der Waals surface area contributed by atoms with Gasteiger partial charge in [-0.1, -0.05) is 11.6 Å². The molecule has 2 atom stereocenters. The highest BCUT2D eigenvalue weighted by atomic mass is 35.5. The van der Waals surface area contributed by atoms with Crippen LogP contribution in [-0.4, -0.2) is 31.1 Å². The summed E-state index contributed by atoms with van der Waals surface area (Å²) < 4.78 is 5.46. The van der Waals surface area contributed by atoms with Crippen LogP contribution in [0.2, 0.25) is 5.02 Å². The maximum atomic E-state index is 12.0. The van der Waals surface area contributed by atoms with Gasteiger partial charge in [-0.05, 0) is 63.9 Å². The average molecular weight is 311 g/mol. The van der Waals surface area contributed by atoms with Crippen molar-refractivity contribution in [3.05, 3.63) is 29.3 Å². The number of carbonyl (C=O) groups excluding carboxylic acids is 1. The summed E-state index contributed by atoms with van der Waals surface area (Å²) in [5, 5.41) is 7.06. The molecule has 0 saturated heterocycles. The molecule has 0 spiro atoms. The quantitative estimate of drug-likeness (QED) is 0.879. The van der Waals surface area contributed by atoms with Crippen LogP contribution >= 0.6 is 11.6 Å². The molecule has 1 aromatic rings. The number of benzene rings is 1. The van der Waals surface area contributed by atoms with Gasteiger partial charge in [-0.2, -0.15) is 0 Å². The van der Waals surface area contributed by atoms with Gasteiger partial charge < -0.3 is 15.4 Å². The molecular weight excluding hydrogens is 288 g/mol. The van der Waals surface area contributed by atoms with Crippen molar-refractivity contribution < 1.29 is 9.53 Å². The van der Waals surface area contributed by atoms with Crippen LogP contribution in [0.3, 0.4) is 0 Å². The number of rotatable bonds is 5. The van der Waals surface area contributed by atoms with Crippen LogP contribution in [0.25, 0.3) is 0 Å². The summed E-state index contributed by atoms with van der Waals surface area (Å²) in [6.45, 7) is 2.24. The molecule has 0 aliphatic heterocycles. The van der Waals surface area contributed by atoms with Crippen LogP contribution in [0.5, 0.6) is 5.75 Å². The summed E-state index contributed by atoms with van der Waals surface area (Å²) in [5.74, 6) is 0.577. The zero-order valence-electron chi connectivity index (χ0n) is 12.6. The molecule has 0 radical (unpaired) electrons. The Bertz CT molecular complexity index is 478. The first kappa shape index (κ1) is 16.1. The standard InChI is InChI=1S/C16H23ClN2O2/c1-16(18-2)9-3-4-13(10-16)19-15(20)11-21-14-7-5-12(17)6-8-14/h5-8,13,18H,3-4,9-11H2,1-2H3,(H,19,20). The lowest BCUT2D eigenvalue weighted by molar-refractivity contribution is -0.124. The number of ether oxygens (including phenoxy) is 1. The average Bonchev–Trinajstić information content (AvgIpc) is 2.47. The molecule has 1 aliphatic rings. The fourth-order valence-electron chi connectivity index (χ4n) is 2.79. The van der Waals surface area contributed by atoms with E-state index in [0.29, 0.717) is 10.8 Å². The Balaban J connectivity index is 1.78. The number of amides is 1. The normalized spacial score (nSPS) is 25.4. The summed E-state index contributed by atoms with van der Waals surface area (Å²) >= 11 is 5.80. The largest absolute Gasteiger partial charge is 0.484 e. The number of hydrogen-bond acceptors (Lipinski definition) is 3. The molecule has 4 nitrogen and oxygen atoms in total. The lowest BCUT2D eigenvalue weighted by Gasteiger charge is -2.38. The Morgan fingerprint density at radius 1 is 1.43 bits per heavy atom. The molecule has 1 saturated carbocycles. The van der Waals surface area contributed by atoms with E-state index in [-0.39, 0.29) is 24.1 Å². The summed E-state index contributed by atoms with van der Waals surface area (Å²) in [6, 6.07) is 7.23. The van der Waals surface area contributed by atoms with Crippen LogP contribution in [0, 0.1) is 0 Å². The molecule has 0 heterocycles. The maximum Gasteiger partial charge on any atom is 0.258 e. The second-order valence-corrected chi connectivity index (χ2v) is 6.35. The molecular formula is C16H23ClN2O2. The van der Waals surface area contributed by atoms with Crippen molar-refractivity contribution in [2.24, 2.45) is 0 Å². The van der Waals surface area contributed by atoms with E-state index in [0.717, 1.165) is 25.7 Å². The highest BCUT2D eigenvalue weighted by Gasteiger charge is 2.31. The minimum atomic E-state index is -0.0738. The van der Waals surface area contributed by atoms with Crippen molar-refractivity contribution in [2.75, 3.05) is 13.7 Å². The van der Waals surface area contributed by atoms with Crippen LogP contribution in [0.4, 0.5) is 0 Å². The Kier molecular flexibility index (Phi) is 5.48. The second-order valence-electron chi connectivity index (χ2n) is 5.91. The van der Waals surface area contributed by atoms with Gasteiger partial charge in [-0.15, -0.1) is 0 Å². The molecule has 0 aromatic heterocycles. The molecule has 5 heteroatoms. The lowest BCUT2D eigenvalue weighted by Crippen LogP contribution is -2.51. The van der Waals surface area contributed by atoms with Gasteiger partial charge in [-0.3, -0.25) is 4.79 Å². The Morgan fingerprint density at radius 2 is 2.14 bits per heavy atom. The molecule has 2 unspecified atom stereocenters. The van der Waals surface area contributed by atoms with E-state index < -0.39 is 0 Å². The minimum Gasteiger partial charge on any atom is -0.484 e. The van der Waals surface area contributed by atoms with E-state index in [9.17, 15) is 4.79 Å². The van der Waals surface area contributed by atoms with Gasteiger partial charge in [0.15, 0.2) is 6.61 Å². The lowest BCUT2D eigenvalue weighted by atomic mass is 9.80. The SMILES string of the molecule is CNC1(C)CCCC(NC(=O)COc2ccc(Cl)cc2)C1. The number of carbonyl (C=O) groups is 1. The monoisotopic (exact) mass is 310 g/mol. The van der Waals surface area contributed by atoms with Gasteiger partial charge in [0.2, 0.25) is 0 Å². The van der Waals surface area contributed by atoms with Gasteiger partial charge in [0.1, 0.15) is 5.75 Å². The van der Waals surface area contributed by atoms with Crippen LogP contribution in [0.15, 0.2) is 24.3 Å². The smallest absolute Gasteiger partial charge is 0.258 e. The molecule has 1 aliphatic carbocycles. The van der Waals surface area contributed by atoms with Gasteiger partial charge in [-0.25, -0.2) is 0 Å². The van der Waals surface area contributed by atoms with Crippen LogP contribution in [-0.2, 0) is 4.79 Å². The highest BCUT2D eigenvalue weighted by molar-refractivity contribution is 6.30. The Labute approximate surface area is 131 Å². The van der Waals surface area contributed by atoms with Crippen molar-refractivity contribution >= 4 is 17.5 Å². The highest BCUT2D eigenvalue weighted by Crippen LogP contribution is 2.27. The third kappa shape index (κ3) is 4.90. The molecule has 2 N–H and O–H groups in total. The predicted molar refractivity (Wildman–Crippen MR) is 84.8 cm³/mol. The predicted octanol–water partition coefficient (Wildman–Crippen LogP) is 2.76. The third-order valence-electron chi connectivity index (χ3n) is 4.13. The van der Waals surface area contributed by atoms with Crippen molar-refractivity contribution in [2.45, 2.75) is 44.2 Å². The van der Waals surface area contributed by atoms with Gasteiger partial charge in [0, 0.05) is 16.6 Å². The fraction of sp³-hybridized carbons (Fsp3) is 0.562. The first-order chi connectivity index (χ1) is 10.0. The Hall–Kier alpha value is -1.26. The molecule has 116 valence electrons. The summed E-state index contributed by atoms with van der Waals surface area (Å²) in [7, 11) is 1.98.